The summed E-state index contributed by atoms with van der Waals surface area (Å²) in [4.78, 5) is 0. The van der Waals surface area contributed by atoms with E-state index < -0.39 is 12.8 Å². The molecule has 0 radical (unpaired) electrons. The topological polar surface area (TPSA) is 41.8 Å². The molecule has 0 saturated heterocycles. The highest BCUT2D eigenvalue weighted by molar-refractivity contribution is 6.06. The molecule has 1 N–H and O–H groups in total. The van der Waals surface area contributed by atoms with Crippen LogP contribution in [0, 0.1) is 0 Å². The fourth-order valence-electron chi connectivity index (χ4n) is 1.89. The number of hydrogen-bond acceptors (Lipinski definition) is 3. The van der Waals surface area contributed by atoms with Gasteiger partial charge < -0.3 is 9.94 Å². The summed E-state index contributed by atoms with van der Waals surface area (Å²) in [6.45, 7) is 0.0945. The molecule has 0 aliphatic rings. The molecule has 20 heavy (non-hydrogen) atoms. The standard InChI is InChI=1S/C14H12F3NO2/c1-9(18-19)11-7-6-10-4-2-3-5-12(10)13(11)20-8-14(15,16)17/h2-7,19H,8H2,1H3/b18-9+. The smallest absolute Gasteiger partial charge is 0.422 e. The van der Waals surface area contributed by atoms with Crippen LogP contribution in [-0.4, -0.2) is 23.7 Å². The first-order valence-corrected chi connectivity index (χ1v) is 5.82. The predicted molar refractivity (Wildman–Crippen MR) is 69.5 cm³/mol. The van der Waals surface area contributed by atoms with Crippen molar-refractivity contribution < 1.29 is 23.1 Å². The minimum Gasteiger partial charge on any atom is -0.483 e. The Morgan fingerprint density at radius 2 is 1.90 bits per heavy atom. The SMILES string of the molecule is C/C(=N\O)c1ccc2ccccc2c1OCC(F)(F)F. The van der Waals surface area contributed by atoms with E-state index in [0.717, 1.165) is 5.39 Å². The second kappa shape index (κ2) is 5.40. The second-order valence-electron chi connectivity index (χ2n) is 4.25. The van der Waals surface area contributed by atoms with Gasteiger partial charge in [-0.15, -0.1) is 0 Å². The van der Waals surface area contributed by atoms with Crippen molar-refractivity contribution in [3.63, 3.8) is 0 Å². The van der Waals surface area contributed by atoms with Gasteiger partial charge in [0.2, 0.25) is 0 Å². The molecule has 0 heterocycles. The Kier molecular flexibility index (Phi) is 3.83. The number of rotatable bonds is 3. The molecule has 0 fully saturated rings. The van der Waals surface area contributed by atoms with Crippen molar-refractivity contribution in [2.24, 2.45) is 5.16 Å². The summed E-state index contributed by atoms with van der Waals surface area (Å²) in [5, 5.41) is 13.1. The van der Waals surface area contributed by atoms with Crippen LogP contribution in [0.3, 0.4) is 0 Å². The first-order chi connectivity index (χ1) is 9.42. The Hall–Kier alpha value is -2.24. The van der Waals surface area contributed by atoms with E-state index in [1.54, 1.807) is 36.4 Å². The maximum absolute atomic E-state index is 12.4. The predicted octanol–water partition coefficient (Wildman–Crippen LogP) is 3.98. The number of fused-ring (bicyclic) bond motifs is 1. The molecule has 0 amide bonds. The number of nitrogens with zero attached hydrogens (tertiary/aromatic N) is 1. The highest BCUT2D eigenvalue weighted by atomic mass is 19.4. The largest absolute Gasteiger partial charge is 0.483 e. The number of ether oxygens (including phenoxy) is 1. The van der Waals surface area contributed by atoms with Gasteiger partial charge in [-0.1, -0.05) is 35.5 Å². The van der Waals surface area contributed by atoms with Crippen molar-refractivity contribution in [2.45, 2.75) is 13.1 Å². The van der Waals surface area contributed by atoms with Crippen molar-refractivity contribution >= 4 is 16.5 Å². The molecular formula is C14H12F3NO2. The molecule has 0 saturated carbocycles. The van der Waals surface area contributed by atoms with Crippen molar-refractivity contribution in [1.29, 1.82) is 0 Å². The van der Waals surface area contributed by atoms with E-state index in [1.165, 1.54) is 6.92 Å². The van der Waals surface area contributed by atoms with Crippen molar-refractivity contribution in [1.82, 2.24) is 0 Å². The van der Waals surface area contributed by atoms with Crippen molar-refractivity contribution in [3.05, 3.63) is 42.0 Å². The van der Waals surface area contributed by atoms with E-state index in [0.29, 0.717) is 10.9 Å². The van der Waals surface area contributed by atoms with Gasteiger partial charge in [0.05, 0.1) is 5.71 Å². The monoisotopic (exact) mass is 283 g/mol. The van der Waals surface area contributed by atoms with E-state index in [-0.39, 0.29) is 11.5 Å². The molecule has 3 nitrogen and oxygen atoms in total. The van der Waals surface area contributed by atoms with Crippen LogP contribution in [0.25, 0.3) is 10.8 Å². The third kappa shape index (κ3) is 3.01. The van der Waals surface area contributed by atoms with Crippen LogP contribution in [0.4, 0.5) is 13.2 Å². The number of halogens is 3. The quantitative estimate of drug-likeness (QED) is 0.526. The van der Waals surface area contributed by atoms with Gasteiger partial charge in [0, 0.05) is 10.9 Å². The van der Waals surface area contributed by atoms with Crippen LogP contribution in [0.15, 0.2) is 41.6 Å². The summed E-state index contributed by atoms with van der Waals surface area (Å²) < 4.78 is 42.0. The average molecular weight is 283 g/mol. The van der Waals surface area contributed by atoms with Gasteiger partial charge in [-0.25, -0.2) is 0 Å². The maximum atomic E-state index is 12.4. The Balaban J connectivity index is 2.56. The Labute approximate surface area is 113 Å². The molecular weight excluding hydrogens is 271 g/mol. The minimum atomic E-state index is -4.43. The molecule has 0 atom stereocenters. The summed E-state index contributed by atoms with van der Waals surface area (Å²) in [7, 11) is 0. The van der Waals surface area contributed by atoms with Gasteiger partial charge in [0.15, 0.2) is 6.61 Å². The number of hydrogen-bond donors (Lipinski definition) is 1. The summed E-state index contributed by atoms with van der Waals surface area (Å²) in [6, 6.07) is 10.2. The first-order valence-electron chi connectivity index (χ1n) is 5.82. The van der Waals surface area contributed by atoms with Gasteiger partial charge >= 0.3 is 6.18 Å². The summed E-state index contributed by atoms with van der Waals surface area (Å²) in [5.41, 5.74) is 0.517. The molecule has 0 spiro atoms. The van der Waals surface area contributed by atoms with Gasteiger partial charge in [0.1, 0.15) is 5.75 Å². The summed E-state index contributed by atoms with van der Waals surface area (Å²) in [6.07, 6.45) is -4.43. The lowest BCUT2D eigenvalue weighted by Crippen LogP contribution is -2.20. The Bertz CT molecular complexity index is 650. The third-order valence-corrected chi connectivity index (χ3v) is 2.80. The Morgan fingerprint density at radius 1 is 1.20 bits per heavy atom. The van der Waals surface area contributed by atoms with Crippen LogP contribution in [0.5, 0.6) is 5.75 Å². The number of benzene rings is 2. The lowest BCUT2D eigenvalue weighted by molar-refractivity contribution is -0.153. The minimum absolute atomic E-state index is 0.0655. The van der Waals surface area contributed by atoms with Crippen LogP contribution in [0.2, 0.25) is 0 Å². The second-order valence-corrected chi connectivity index (χ2v) is 4.25. The molecule has 0 unspecified atom stereocenters. The van der Waals surface area contributed by atoms with Crippen LogP contribution in [0.1, 0.15) is 12.5 Å². The van der Waals surface area contributed by atoms with Crippen LogP contribution < -0.4 is 4.74 Å². The molecule has 106 valence electrons. The fourth-order valence-corrected chi connectivity index (χ4v) is 1.89. The number of oxime groups is 1. The zero-order chi connectivity index (χ0) is 14.8. The zero-order valence-electron chi connectivity index (χ0n) is 10.6. The molecule has 0 aliphatic heterocycles. The highest BCUT2D eigenvalue weighted by Crippen LogP contribution is 2.31. The maximum Gasteiger partial charge on any atom is 0.422 e. The number of alkyl halides is 3. The molecule has 2 rings (SSSR count). The zero-order valence-corrected chi connectivity index (χ0v) is 10.6. The van der Waals surface area contributed by atoms with E-state index in [4.69, 9.17) is 9.94 Å². The molecule has 0 bridgehead atoms. The van der Waals surface area contributed by atoms with Gasteiger partial charge in [-0.2, -0.15) is 13.2 Å². The van der Waals surface area contributed by atoms with Gasteiger partial charge in [-0.05, 0) is 18.4 Å². The van der Waals surface area contributed by atoms with Crippen molar-refractivity contribution in [2.75, 3.05) is 6.61 Å². The Morgan fingerprint density at radius 3 is 2.55 bits per heavy atom. The average Bonchev–Trinajstić information content (AvgIpc) is 2.42. The van der Waals surface area contributed by atoms with E-state index in [1.807, 2.05) is 0 Å². The normalized spacial score (nSPS) is 12.7. The van der Waals surface area contributed by atoms with Crippen LogP contribution >= 0.6 is 0 Å². The molecule has 2 aromatic carbocycles. The van der Waals surface area contributed by atoms with Crippen molar-refractivity contribution in [3.8, 4) is 5.75 Å². The lowest BCUT2D eigenvalue weighted by atomic mass is 10.0. The molecule has 0 aromatic heterocycles. The van der Waals surface area contributed by atoms with Gasteiger partial charge in [0.25, 0.3) is 0 Å². The summed E-state index contributed by atoms with van der Waals surface area (Å²) >= 11 is 0. The van der Waals surface area contributed by atoms with Crippen LogP contribution in [-0.2, 0) is 0 Å². The van der Waals surface area contributed by atoms with E-state index in [2.05, 4.69) is 5.16 Å². The molecule has 2 aromatic rings. The van der Waals surface area contributed by atoms with E-state index >= 15 is 0 Å². The third-order valence-electron chi connectivity index (χ3n) is 2.80. The highest BCUT2D eigenvalue weighted by Gasteiger charge is 2.29. The molecule has 0 aliphatic carbocycles. The van der Waals surface area contributed by atoms with Gasteiger partial charge in [-0.3, -0.25) is 0 Å². The summed E-state index contributed by atoms with van der Waals surface area (Å²) in [5.74, 6) is 0.0655. The van der Waals surface area contributed by atoms with E-state index in [9.17, 15) is 13.2 Å². The molecule has 6 heteroatoms. The first kappa shape index (κ1) is 14.2. The fraction of sp³-hybridized carbons (Fsp3) is 0.214. The lowest BCUT2D eigenvalue weighted by Gasteiger charge is -2.15.